The Hall–Kier alpha value is -0.0400. The Morgan fingerprint density at radius 2 is 1.80 bits per heavy atom. The summed E-state index contributed by atoms with van der Waals surface area (Å²) < 4.78 is 0. The molecule has 0 aromatic rings. The largest absolute Gasteiger partial charge is 0.311 e. The third-order valence-corrected chi connectivity index (χ3v) is 4.77. The summed E-state index contributed by atoms with van der Waals surface area (Å²) in [5.74, 6) is 1.94. The fraction of sp³-hybridized carbons (Fsp3) is 1.00. The SMILES string of the molecule is CCC1CCCC1N[C@@H](C)C1CCCC1. The molecule has 0 amide bonds. The average Bonchev–Trinajstić information content (AvgIpc) is 2.87. The van der Waals surface area contributed by atoms with Crippen LogP contribution in [-0.4, -0.2) is 12.1 Å². The lowest BCUT2D eigenvalue weighted by atomic mass is 9.95. The highest BCUT2D eigenvalue weighted by Gasteiger charge is 2.29. The van der Waals surface area contributed by atoms with Gasteiger partial charge in [0, 0.05) is 12.1 Å². The van der Waals surface area contributed by atoms with Gasteiger partial charge in [-0.25, -0.2) is 0 Å². The molecule has 1 N–H and O–H groups in total. The van der Waals surface area contributed by atoms with E-state index in [9.17, 15) is 0 Å². The van der Waals surface area contributed by atoms with Crippen LogP contribution < -0.4 is 5.32 Å². The Morgan fingerprint density at radius 1 is 1.07 bits per heavy atom. The fourth-order valence-electron chi connectivity index (χ4n) is 3.68. The molecule has 2 rings (SSSR count). The molecule has 0 aliphatic heterocycles. The first-order chi connectivity index (χ1) is 7.31. The van der Waals surface area contributed by atoms with Crippen molar-refractivity contribution in [2.24, 2.45) is 11.8 Å². The Bertz CT molecular complexity index is 184. The first-order valence-corrected chi connectivity index (χ1v) is 7.07. The highest BCUT2D eigenvalue weighted by atomic mass is 15.0. The third-order valence-electron chi connectivity index (χ3n) is 4.77. The molecule has 0 aromatic carbocycles. The maximum absolute atomic E-state index is 3.92. The standard InChI is InChI=1S/C14H27N/c1-3-12-9-6-10-14(12)15-11(2)13-7-4-5-8-13/h11-15H,3-10H2,1-2H3/t11-,12?,14?/m0/s1. The molecule has 0 heterocycles. The van der Waals surface area contributed by atoms with Crippen molar-refractivity contribution in [1.82, 2.24) is 5.32 Å². The molecule has 2 unspecified atom stereocenters. The van der Waals surface area contributed by atoms with Crippen molar-refractivity contribution >= 4 is 0 Å². The molecule has 1 heteroatoms. The number of nitrogens with one attached hydrogen (secondary N) is 1. The molecular formula is C14H27N. The molecule has 1 nitrogen and oxygen atoms in total. The minimum Gasteiger partial charge on any atom is -0.311 e. The van der Waals surface area contributed by atoms with Crippen LogP contribution in [0.3, 0.4) is 0 Å². The van der Waals surface area contributed by atoms with Crippen molar-refractivity contribution in [2.45, 2.75) is 77.3 Å². The highest BCUT2D eigenvalue weighted by Crippen LogP contribution is 2.32. The van der Waals surface area contributed by atoms with E-state index in [4.69, 9.17) is 0 Å². The molecule has 2 fully saturated rings. The summed E-state index contributed by atoms with van der Waals surface area (Å²) in [6.45, 7) is 4.77. The van der Waals surface area contributed by atoms with Crippen LogP contribution in [0.25, 0.3) is 0 Å². The molecule has 0 spiro atoms. The van der Waals surface area contributed by atoms with Gasteiger partial charge in [0.2, 0.25) is 0 Å². The maximum Gasteiger partial charge on any atom is 0.00978 e. The second-order valence-electron chi connectivity index (χ2n) is 5.71. The molecular weight excluding hydrogens is 182 g/mol. The summed E-state index contributed by atoms with van der Waals surface area (Å²) in [5, 5.41) is 3.92. The molecule has 88 valence electrons. The number of rotatable bonds is 4. The van der Waals surface area contributed by atoms with Crippen molar-refractivity contribution in [1.29, 1.82) is 0 Å². The van der Waals surface area contributed by atoms with Crippen molar-refractivity contribution in [2.75, 3.05) is 0 Å². The molecule has 0 radical (unpaired) electrons. The zero-order chi connectivity index (χ0) is 10.7. The highest BCUT2D eigenvalue weighted by molar-refractivity contribution is 4.87. The summed E-state index contributed by atoms with van der Waals surface area (Å²) in [5.41, 5.74) is 0. The monoisotopic (exact) mass is 209 g/mol. The maximum atomic E-state index is 3.92. The lowest BCUT2D eigenvalue weighted by molar-refractivity contribution is 0.299. The predicted molar refractivity (Wildman–Crippen MR) is 66.0 cm³/mol. The van der Waals surface area contributed by atoms with Crippen LogP contribution in [0, 0.1) is 11.8 Å². The lowest BCUT2D eigenvalue weighted by Gasteiger charge is -2.28. The van der Waals surface area contributed by atoms with Gasteiger partial charge in [-0.1, -0.05) is 32.6 Å². The summed E-state index contributed by atoms with van der Waals surface area (Å²) in [7, 11) is 0. The van der Waals surface area contributed by atoms with E-state index in [0.717, 1.165) is 23.9 Å². The molecule has 0 aromatic heterocycles. The summed E-state index contributed by atoms with van der Waals surface area (Å²) >= 11 is 0. The third kappa shape index (κ3) is 2.75. The molecule has 0 bridgehead atoms. The first-order valence-electron chi connectivity index (χ1n) is 7.07. The normalized spacial score (nSPS) is 34.8. The smallest absolute Gasteiger partial charge is 0.00978 e. The van der Waals surface area contributed by atoms with Gasteiger partial charge in [-0.3, -0.25) is 0 Å². The van der Waals surface area contributed by atoms with E-state index >= 15 is 0 Å². The van der Waals surface area contributed by atoms with E-state index in [0.29, 0.717) is 0 Å². The molecule has 2 aliphatic rings. The van der Waals surface area contributed by atoms with Gasteiger partial charge in [-0.15, -0.1) is 0 Å². The van der Waals surface area contributed by atoms with E-state index < -0.39 is 0 Å². The second kappa shape index (κ2) is 5.34. The first kappa shape index (κ1) is 11.4. The minimum absolute atomic E-state index is 0.768. The van der Waals surface area contributed by atoms with Gasteiger partial charge in [0.05, 0.1) is 0 Å². The fourth-order valence-corrected chi connectivity index (χ4v) is 3.68. The van der Waals surface area contributed by atoms with Gasteiger partial charge >= 0.3 is 0 Å². The molecule has 3 atom stereocenters. The Balaban J connectivity index is 1.79. The topological polar surface area (TPSA) is 12.0 Å². The van der Waals surface area contributed by atoms with Crippen LogP contribution >= 0.6 is 0 Å². The van der Waals surface area contributed by atoms with Crippen LogP contribution in [0.2, 0.25) is 0 Å². The molecule has 2 saturated carbocycles. The second-order valence-corrected chi connectivity index (χ2v) is 5.71. The lowest BCUT2D eigenvalue weighted by Crippen LogP contribution is -2.42. The molecule has 2 aliphatic carbocycles. The van der Waals surface area contributed by atoms with E-state index in [2.05, 4.69) is 19.2 Å². The number of hydrogen-bond donors (Lipinski definition) is 1. The van der Waals surface area contributed by atoms with Crippen molar-refractivity contribution < 1.29 is 0 Å². The van der Waals surface area contributed by atoms with Crippen molar-refractivity contribution in [3.8, 4) is 0 Å². The van der Waals surface area contributed by atoms with Crippen LogP contribution in [0.4, 0.5) is 0 Å². The van der Waals surface area contributed by atoms with Crippen LogP contribution in [0.15, 0.2) is 0 Å². The van der Waals surface area contributed by atoms with Crippen LogP contribution in [0.1, 0.15) is 65.2 Å². The zero-order valence-corrected chi connectivity index (χ0v) is 10.5. The zero-order valence-electron chi connectivity index (χ0n) is 10.5. The summed E-state index contributed by atoms with van der Waals surface area (Å²) in [6.07, 6.45) is 11.6. The molecule has 0 saturated heterocycles. The van der Waals surface area contributed by atoms with Crippen LogP contribution in [0.5, 0.6) is 0 Å². The van der Waals surface area contributed by atoms with Gasteiger partial charge < -0.3 is 5.32 Å². The Morgan fingerprint density at radius 3 is 2.47 bits per heavy atom. The van der Waals surface area contributed by atoms with Crippen LogP contribution in [-0.2, 0) is 0 Å². The van der Waals surface area contributed by atoms with E-state index in [1.807, 2.05) is 0 Å². The quantitative estimate of drug-likeness (QED) is 0.744. The minimum atomic E-state index is 0.768. The summed E-state index contributed by atoms with van der Waals surface area (Å²) in [6, 6.07) is 1.61. The van der Waals surface area contributed by atoms with Gasteiger partial charge in [-0.05, 0) is 44.4 Å². The van der Waals surface area contributed by atoms with Crippen molar-refractivity contribution in [3.05, 3.63) is 0 Å². The van der Waals surface area contributed by atoms with Gasteiger partial charge in [0.25, 0.3) is 0 Å². The van der Waals surface area contributed by atoms with Gasteiger partial charge in [0.1, 0.15) is 0 Å². The Kier molecular flexibility index (Phi) is 4.07. The van der Waals surface area contributed by atoms with Gasteiger partial charge in [0.15, 0.2) is 0 Å². The molecule has 15 heavy (non-hydrogen) atoms. The Labute approximate surface area is 95.0 Å². The van der Waals surface area contributed by atoms with E-state index in [1.165, 1.54) is 51.4 Å². The van der Waals surface area contributed by atoms with Crippen molar-refractivity contribution in [3.63, 3.8) is 0 Å². The average molecular weight is 209 g/mol. The summed E-state index contributed by atoms with van der Waals surface area (Å²) in [4.78, 5) is 0. The predicted octanol–water partition coefficient (Wildman–Crippen LogP) is 3.73. The van der Waals surface area contributed by atoms with E-state index in [1.54, 1.807) is 0 Å². The number of hydrogen-bond acceptors (Lipinski definition) is 1. The van der Waals surface area contributed by atoms with Gasteiger partial charge in [-0.2, -0.15) is 0 Å². The van der Waals surface area contributed by atoms with E-state index in [-0.39, 0.29) is 0 Å².